The number of methoxy groups -OCH3 is 2. The lowest BCUT2D eigenvalue weighted by molar-refractivity contribution is 0.336. The van der Waals surface area contributed by atoms with Crippen LogP contribution in [0.1, 0.15) is 11.1 Å². The molecule has 0 aliphatic carbocycles. The van der Waals surface area contributed by atoms with E-state index in [4.69, 9.17) is 15.2 Å². The first kappa shape index (κ1) is 21.5. The Morgan fingerprint density at radius 2 is 1.79 bits per heavy atom. The van der Waals surface area contributed by atoms with E-state index < -0.39 is 10.1 Å². The molecule has 9 nitrogen and oxygen atoms in total. The second-order valence-electron chi connectivity index (χ2n) is 5.42. The van der Waals surface area contributed by atoms with Gasteiger partial charge in [-0.3, -0.25) is 4.28 Å². The Morgan fingerprint density at radius 3 is 2.39 bits per heavy atom. The van der Waals surface area contributed by atoms with Gasteiger partial charge in [0.05, 0.1) is 24.9 Å². The zero-order valence-corrected chi connectivity index (χ0v) is 17.7. The number of halogens is 1. The van der Waals surface area contributed by atoms with Crippen LogP contribution in [0.2, 0.25) is 0 Å². The summed E-state index contributed by atoms with van der Waals surface area (Å²) in [5.74, 6) is 0.760. The fourth-order valence-corrected chi connectivity index (χ4v) is 3.27. The molecular formula is C17H19BrN4O5S. The van der Waals surface area contributed by atoms with Gasteiger partial charge in [0, 0.05) is 11.6 Å². The van der Waals surface area contributed by atoms with Crippen molar-refractivity contribution in [1.82, 2.24) is 5.43 Å². The largest absolute Gasteiger partial charge is 0.496 e. The van der Waals surface area contributed by atoms with Gasteiger partial charge >= 0.3 is 10.1 Å². The molecule has 0 spiro atoms. The summed E-state index contributed by atoms with van der Waals surface area (Å²) in [6.45, 7) is 1.84. The number of hydrogen-bond donors (Lipinski definition) is 2. The minimum Gasteiger partial charge on any atom is -0.496 e. The number of hydrogen-bond acceptors (Lipinski definition) is 7. The van der Waals surface area contributed by atoms with E-state index >= 15 is 0 Å². The van der Waals surface area contributed by atoms with Gasteiger partial charge < -0.3 is 15.2 Å². The fourth-order valence-electron chi connectivity index (χ4n) is 2.01. The third kappa shape index (κ3) is 5.60. The van der Waals surface area contributed by atoms with Gasteiger partial charge in [-0.25, -0.2) is 5.43 Å². The Labute approximate surface area is 171 Å². The van der Waals surface area contributed by atoms with E-state index in [9.17, 15) is 8.42 Å². The van der Waals surface area contributed by atoms with E-state index in [0.29, 0.717) is 21.5 Å². The fraction of sp³-hybridized carbons (Fsp3) is 0.176. The van der Waals surface area contributed by atoms with E-state index in [0.717, 1.165) is 5.56 Å². The molecular weight excluding hydrogens is 452 g/mol. The summed E-state index contributed by atoms with van der Waals surface area (Å²) >= 11 is 3.37. The van der Waals surface area contributed by atoms with E-state index in [1.54, 1.807) is 24.3 Å². The summed E-state index contributed by atoms with van der Waals surface area (Å²) in [7, 11) is -1.03. The maximum Gasteiger partial charge on any atom is 0.358 e. The molecule has 150 valence electrons. The maximum absolute atomic E-state index is 12.0. The summed E-state index contributed by atoms with van der Waals surface area (Å²) in [5.41, 5.74) is 9.47. The van der Waals surface area contributed by atoms with Crippen molar-refractivity contribution in [1.29, 1.82) is 0 Å². The Morgan fingerprint density at radius 1 is 1.14 bits per heavy atom. The van der Waals surface area contributed by atoms with Crippen molar-refractivity contribution in [3.05, 3.63) is 52.0 Å². The van der Waals surface area contributed by atoms with Crippen molar-refractivity contribution in [3.8, 4) is 11.5 Å². The van der Waals surface area contributed by atoms with Crippen molar-refractivity contribution < 1.29 is 22.2 Å². The van der Waals surface area contributed by atoms with Gasteiger partial charge in [0.15, 0.2) is 0 Å². The Balaban J connectivity index is 2.06. The molecule has 0 amide bonds. The van der Waals surface area contributed by atoms with Crippen molar-refractivity contribution in [3.63, 3.8) is 0 Å². The zero-order valence-electron chi connectivity index (χ0n) is 15.3. The van der Waals surface area contributed by atoms with Gasteiger partial charge in [-0.15, -0.1) is 0 Å². The zero-order chi connectivity index (χ0) is 20.7. The molecule has 0 aliphatic heterocycles. The van der Waals surface area contributed by atoms with Crippen molar-refractivity contribution >= 4 is 38.2 Å². The lowest BCUT2D eigenvalue weighted by atomic mass is 10.2. The lowest BCUT2D eigenvalue weighted by Gasteiger charge is -2.09. The molecule has 0 saturated heterocycles. The average molecular weight is 471 g/mol. The average Bonchev–Trinajstić information content (AvgIpc) is 2.67. The van der Waals surface area contributed by atoms with Crippen LogP contribution in [0.15, 0.2) is 56.0 Å². The molecule has 2 aromatic carbocycles. The first-order valence-corrected chi connectivity index (χ1v) is 10.0. The minimum atomic E-state index is -4.07. The molecule has 0 aromatic heterocycles. The lowest BCUT2D eigenvalue weighted by Crippen LogP contribution is -2.28. The Hall–Kier alpha value is -2.79. The van der Waals surface area contributed by atoms with Crippen molar-refractivity contribution in [2.24, 2.45) is 16.0 Å². The molecule has 0 saturated carbocycles. The monoisotopic (exact) mass is 470 g/mol. The SMILES string of the molecule is COc1cc(OC)c(C=NNC(N)=NOS(=O)(=O)c2ccc(C)cc2)cc1Br. The van der Waals surface area contributed by atoms with Gasteiger partial charge in [0.2, 0.25) is 0 Å². The molecule has 0 unspecified atom stereocenters. The number of aryl methyl sites for hydroxylation is 1. The number of oxime groups is 1. The Kier molecular flexibility index (Phi) is 7.24. The number of nitrogens with zero attached hydrogens (tertiary/aromatic N) is 2. The highest BCUT2D eigenvalue weighted by molar-refractivity contribution is 9.10. The first-order valence-electron chi connectivity index (χ1n) is 7.81. The van der Waals surface area contributed by atoms with Crippen LogP contribution in [0.3, 0.4) is 0 Å². The molecule has 11 heteroatoms. The normalized spacial score (nSPS) is 12.1. The molecule has 2 rings (SSSR count). The van der Waals surface area contributed by atoms with E-state index in [1.165, 1.54) is 32.6 Å². The minimum absolute atomic E-state index is 0.0361. The summed E-state index contributed by atoms with van der Waals surface area (Å²) in [6.07, 6.45) is 1.42. The summed E-state index contributed by atoms with van der Waals surface area (Å²) in [5, 5.41) is 7.22. The van der Waals surface area contributed by atoms with E-state index in [-0.39, 0.29) is 10.9 Å². The number of ether oxygens (including phenoxy) is 2. The quantitative estimate of drug-likeness (QED) is 0.361. The second-order valence-corrected chi connectivity index (χ2v) is 7.80. The number of nitrogens with two attached hydrogens (primary N) is 1. The van der Waals surface area contributed by atoms with Crippen molar-refractivity contribution in [2.45, 2.75) is 11.8 Å². The molecule has 0 aliphatic rings. The predicted octanol–water partition coefficient (Wildman–Crippen LogP) is 2.33. The molecule has 0 atom stereocenters. The van der Waals surface area contributed by atoms with Gasteiger partial charge in [0.1, 0.15) is 16.4 Å². The van der Waals surface area contributed by atoms with E-state index in [2.05, 4.69) is 35.9 Å². The molecule has 0 radical (unpaired) electrons. The summed E-state index contributed by atoms with van der Waals surface area (Å²) in [4.78, 5) is -0.0361. The number of rotatable bonds is 7. The van der Waals surface area contributed by atoms with Gasteiger partial charge in [-0.05, 0) is 46.2 Å². The number of benzene rings is 2. The van der Waals surface area contributed by atoms with Crippen molar-refractivity contribution in [2.75, 3.05) is 14.2 Å². The number of nitrogens with one attached hydrogen (secondary N) is 1. The van der Waals surface area contributed by atoms with Crippen LogP contribution in [0.5, 0.6) is 11.5 Å². The van der Waals surface area contributed by atoms with Crippen LogP contribution in [-0.2, 0) is 14.4 Å². The standard InChI is InChI=1S/C17H19BrN4O5S/c1-11-4-6-13(7-5-11)28(23,24)27-22-17(19)21-20-10-12-8-14(18)16(26-3)9-15(12)25-2/h4-10H,1-3H3,(H3,19,21,22). The van der Waals surface area contributed by atoms with Crippen LogP contribution < -0.4 is 20.6 Å². The van der Waals surface area contributed by atoms with Crippen LogP contribution in [0.25, 0.3) is 0 Å². The molecule has 0 bridgehead atoms. The molecule has 28 heavy (non-hydrogen) atoms. The second kappa shape index (κ2) is 9.42. The molecule has 3 N–H and O–H groups in total. The third-order valence-electron chi connectivity index (χ3n) is 3.43. The van der Waals surface area contributed by atoms with Gasteiger partial charge in [-0.1, -0.05) is 17.7 Å². The smallest absolute Gasteiger partial charge is 0.358 e. The summed E-state index contributed by atoms with van der Waals surface area (Å²) in [6, 6.07) is 9.53. The highest BCUT2D eigenvalue weighted by Crippen LogP contribution is 2.31. The van der Waals surface area contributed by atoms with Crippen LogP contribution in [0, 0.1) is 6.92 Å². The van der Waals surface area contributed by atoms with Crippen LogP contribution >= 0.6 is 15.9 Å². The number of guanidine groups is 1. The third-order valence-corrected chi connectivity index (χ3v) is 5.17. The van der Waals surface area contributed by atoms with Crippen LogP contribution in [-0.4, -0.2) is 34.8 Å². The topological polar surface area (TPSA) is 125 Å². The Bertz CT molecular complexity index is 991. The van der Waals surface area contributed by atoms with Gasteiger partial charge in [-0.2, -0.15) is 13.5 Å². The predicted molar refractivity (Wildman–Crippen MR) is 109 cm³/mol. The van der Waals surface area contributed by atoms with Gasteiger partial charge in [0.25, 0.3) is 5.96 Å². The molecule has 0 fully saturated rings. The number of hydrazone groups is 1. The maximum atomic E-state index is 12.0. The van der Waals surface area contributed by atoms with E-state index in [1.807, 2.05) is 6.92 Å². The summed E-state index contributed by atoms with van der Waals surface area (Å²) < 4.78 is 39.8. The molecule has 0 heterocycles. The highest BCUT2D eigenvalue weighted by atomic mass is 79.9. The first-order chi connectivity index (χ1) is 13.3. The highest BCUT2D eigenvalue weighted by Gasteiger charge is 2.15. The molecule has 2 aromatic rings. The van der Waals surface area contributed by atoms with Crippen LogP contribution in [0.4, 0.5) is 0 Å².